The van der Waals surface area contributed by atoms with Gasteiger partial charge in [-0.1, -0.05) is 6.92 Å². The molecule has 0 aliphatic carbocycles. The number of fused-ring (bicyclic) bond motifs is 1. The fraction of sp³-hybridized carbons (Fsp3) is 0.188. The van der Waals surface area contributed by atoms with Crippen LogP contribution in [0.1, 0.15) is 12.8 Å². The van der Waals surface area contributed by atoms with Crippen LogP contribution in [0.2, 0.25) is 0 Å². The van der Waals surface area contributed by atoms with Crippen LogP contribution in [0.4, 0.5) is 5.69 Å². The second kappa shape index (κ2) is 6.70. The molecule has 0 aliphatic rings. The quantitative estimate of drug-likeness (QED) is 0.442. The normalized spacial score (nSPS) is 10.8. The number of benzene rings is 1. The maximum Gasteiger partial charge on any atom is 0.251 e. The van der Waals surface area contributed by atoms with Gasteiger partial charge in [0.05, 0.1) is 5.75 Å². The molecule has 0 aliphatic heterocycles. The van der Waals surface area contributed by atoms with E-state index in [0.717, 1.165) is 11.2 Å². The highest BCUT2D eigenvalue weighted by Crippen LogP contribution is 2.21. The van der Waals surface area contributed by atoms with E-state index in [1.165, 1.54) is 18.0 Å². The Morgan fingerprint density at radius 3 is 3.04 bits per heavy atom. The number of amides is 1. The zero-order valence-corrected chi connectivity index (χ0v) is 13.3. The standard InChI is InChI=1S/C16H15N3O3S/c1-2-15-18-12-9-11(6-7-13(12)22-15)17-14(20)10-23-16-5-3-4-8-19(16)21/h3-9H,2,10H2,1H3,(H,17,20). The van der Waals surface area contributed by atoms with E-state index in [2.05, 4.69) is 10.3 Å². The first-order valence-electron chi connectivity index (χ1n) is 7.16. The van der Waals surface area contributed by atoms with Gasteiger partial charge < -0.3 is 14.9 Å². The van der Waals surface area contributed by atoms with Crippen molar-refractivity contribution < 1.29 is 13.9 Å². The predicted octanol–water partition coefficient (Wildman–Crippen LogP) is 2.75. The number of anilines is 1. The highest BCUT2D eigenvalue weighted by Gasteiger charge is 2.10. The number of aromatic nitrogens is 2. The van der Waals surface area contributed by atoms with E-state index in [-0.39, 0.29) is 11.7 Å². The molecule has 118 valence electrons. The molecule has 0 fully saturated rings. The highest BCUT2D eigenvalue weighted by atomic mass is 32.2. The van der Waals surface area contributed by atoms with Gasteiger partial charge in [0, 0.05) is 24.2 Å². The molecular weight excluding hydrogens is 314 g/mol. The van der Waals surface area contributed by atoms with Crippen molar-refractivity contribution in [2.24, 2.45) is 0 Å². The molecular formula is C16H15N3O3S. The number of hydrogen-bond donors (Lipinski definition) is 1. The molecule has 0 spiro atoms. The minimum Gasteiger partial charge on any atom is -0.618 e. The predicted molar refractivity (Wildman–Crippen MR) is 88.1 cm³/mol. The van der Waals surface area contributed by atoms with E-state index in [1.54, 1.807) is 36.4 Å². The first-order chi connectivity index (χ1) is 11.2. The number of aryl methyl sites for hydroxylation is 1. The first-order valence-corrected chi connectivity index (χ1v) is 8.14. The highest BCUT2D eigenvalue weighted by molar-refractivity contribution is 7.99. The Morgan fingerprint density at radius 1 is 1.39 bits per heavy atom. The summed E-state index contributed by atoms with van der Waals surface area (Å²) in [6, 6.07) is 10.4. The van der Waals surface area contributed by atoms with Crippen molar-refractivity contribution in [3.8, 4) is 0 Å². The number of pyridine rings is 1. The summed E-state index contributed by atoms with van der Waals surface area (Å²) in [5.74, 6) is 0.643. The van der Waals surface area contributed by atoms with Crippen molar-refractivity contribution in [3.63, 3.8) is 0 Å². The van der Waals surface area contributed by atoms with Gasteiger partial charge in [0.2, 0.25) is 5.91 Å². The molecule has 2 heterocycles. The van der Waals surface area contributed by atoms with Gasteiger partial charge in [0.15, 0.2) is 17.7 Å². The minimum absolute atomic E-state index is 0.156. The maximum absolute atomic E-state index is 12.0. The van der Waals surface area contributed by atoms with Crippen LogP contribution in [0, 0.1) is 5.21 Å². The van der Waals surface area contributed by atoms with Crippen molar-refractivity contribution in [2.75, 3.05) is 11.1 Å². The zero-order chi connectivity index (χ0) is 16.2. The second-order valence-corrected chi connectivity index (χ2v) is 5.84. The van der Waals surface area contributed by atoms with E-state index < -0.39 is 0 Å². The fourth-order valence-corrected chi connectivity index (χ4v) is 2.78. The average Bonchev–Trinajstić information content (AvgIpc) is 2.96. The maximum atomic E-state index is 12.0. The summed E-state index contributed by atoms with van der Waals surface area (Å²) in [5.41, 5.74) is 2.07. The van der Waals surface area contributed by atoms with Crippen molar-refractivity contribution >= 4 is 34.5 Å². The lowest BCUT2D eigenvalue weighted by molar-refractivity contribution is -0.645. The summed E-state index contributed by atoms with van der Waals surface area (Å²) in [7, 11) is 0. The van der Waals surface area contributed by atoms with E-state index in [1.807, 2.05) is 6.92 Å². The Labute approximate surface area is 137 Å². The Morgan fingerprint density at radius 2 is 2.26 bits per heavy atom. The topological polar surface area (TPSA) is 82.1 Å². The molecule has 0 saturated heterocycles. The first kappa shape index (κ1) is 15.4. The van der Waals surface area contributed by atoms with E-state index in [9.17, 15) is 10.0 Å². The van der Waals surface area contributed by atoms with Gasteiger partial charge in [-0.05, 0) is 36.0 Å². The minimum atomic E-state index is -0.183. The van der Waals surface area contributed by atoms with Gasteiger partial charge in [-0.25, -0.2) is 4.98 Å². The number of carbonyl (C=O) groups is 1. The van der Waals surface area contributed by atoms with Gasteiger partial charge in [-0.15, -0.1) is 0 Å². The van der Waals surface area contributed by atoms with Crippen molar-refractivity contribution in [1.82, 2.24) is 4.98 Å². The number of nitrogens with zero attached hydrogens (tertiary/aromatic N) is 2. The number of oxazole rings is 1. The van der Waals surface area contributed by atoms with Crippen LogP contribution in [-0.2, 0) is 11.2 Å². The molecule has 3 rings (SSSR count). The summed E-state index contributed by atoms with van der Waals surface area (Å²) < 4.78 is 6.27. The summed E-state index contributed by atoms with van der Waals surface area (Å²) in [4.78, 5) is 16.3. The molecule has 7 heteroatoms. The lowest BCUT2D eigenvalue weighted by atomic mass is 10.3. The Hall–Kier alpha value is -2.54. The second-order valence-electron chi connectivity index (χ2n) is 4.85. The van der Waals surface area contributed by atoms with Gasteiger partial charge >= 0.3 is 0 Å². The van der Waals surface area contributed by atoms with E-state index in [4.69, 9.17) is 4.42 Å². The molecule has 3 aromatic rings. The monoisotopic (exact) mass is 329 g/mol. The summed E-state index contributed by atoms with van der Waals surface area (Å²) >= 11 is 1.19. The molecule has 23 heavy (non-hydrogen) atoms. The Kier molecular flexibility index (Phi) is 4.47. The molecule has 1 aromatic carbocycles. The number of nitrogens with one attached hydrogen (secondary N) is 1. The zero-order valence-electron chi connectivity index (χ0n) is 12.5. The third kappa shape index (κ3) is 3.62. The van der Waals surface area contributed by atoms with Crippen molar-refractivity contribution in [1.29, 1.82) is 0 Å². The van der Waals surface area contributed by atoms with E-state index in [0.29, 0.717) is 27.7 Å². The van der Waals surface area contributed by atoms with Crippen molar-refractivity contribution in [3.05, 3.63) is 53.7 Å². The van der Waals surface area contributed by atoms with Crippen LogP contribution in [0.5, 0.6) is 0 Å². The van der Waals surface area contributed by atoms with Crippen LogP contribution in [0.3, 0.4) is 0 Å². The van der Waals surface area contributed by atoms with Gasteiger partial charge in [0.25, 0.3) is 5.03 Å². The Balaban J connectivity index is 1.64. The number of carbonyl (C=O) groups excluding carboxylic acids is 1. The molecule has 6 nitrogen and oxygen atoms in total. The third-order valence-corrected chi connectivity index (χ3v) is 4.18. The average molecular weight is 329 g/mol. The Bertz CT molecular complexity index is 847. The van der Waals surface area contributed by atoms with Gasteiger partial charge in [-0.3, -0.25) is 4.79 Å². The molecule has 1 amide bonds. The van der Waals surface area contributed by atoms with Gasteiger partial charge in [-0.2, -0.15) is 4.73 Å². The molecule has 2 aromatic heterocycles. The van der Waals surface area contributed by atoms with E-state index >= 15 is 0 Å². The number of hydrogen-bond acceptors (Lipinski definition) is 5. The lowest BCUT2D eigenvalue weighted by Gasteiger charge is -2.05. The molecule has 0 saturated carbocycles. The SMILES string of the molecule is CCc1nc2cc(NC(=O)CSc3cccc[n+]3[O-])ccc2o1. The summed E-state index contributed by atoms with van der Waals surface area (Å²) in [6.07, 6.45) is 2.13. The van der Waals surface area contributed by atoms with Crippen LogP contribution in [-0.4, -0.2) is 16.6 Å². The molecule has 0 radical (unpaired) electrons. The number of rotatable bonds is 5. The summed E-state index contributed by atoms with van der Waals surface area (Å²) in [6.45, 7) is 1.97. The molecule has 0 atom stereocenters. The molecule has 0 bridgehead atoms. The number of thioether (sulfide) groups is 1. The molecule has 1 N–H and O–H groups in total. The van der Waals surface area contributed by atoms with Gasteiger partial charge in [0.1, 0.15) is 5.52 Å². The summed E-state index contributed by atoms with van der Waals surface area (Å²) in [5, 5.41) is 14.8. The van der Waals surface area contributed by atoms with Crippen LogP contribution in [0.25, 0.3) is 11.1 Å². The van der Waals surface area contributed by atoms with Crippen LogP contribution < -0.4 is 10.0 Å². The smallest absolute Gasteiger partial charge is 0.251 e. The fourth-order valence-electron chi connectivity index (χ4n) is 2.07. The van der Waals surface area contributed by atoms with Crippen molar-refractivity contribution in [2.45, 2.75) is 18.4 Å². The van der Waals surface area contributed by atoms with Crippen LogP contribution >= 0.6 is 11.8 Å². The molecule has 0 unspecified atom stereocenters. The largest absolute Gasteiger partial charge is 0.618 e. The lowest BCUT2D eigenvalue weighted by Crippen LogP contribution is -2.28. The van der Waals surface area contributed by atoms with Crippen LogP contribution in [0.15, 0.2) is 52.0 Å². The third-order valence-electron chi connectivity index (χ3n) is 3.16.